The predicted molar refractivity (Wildman–Crippen MR) is 235 cm³/mol. The first-order chi connectivity index (χ1) is 28.5. The molecule has 0 aromatic heterocycles. The molecule has 0 aliphatic heterocycles. The first-order valence-corrected chi connectivity index (χ1v) is 21.8. The summed E-state index contributed by atoms with van der Waals surface area (Å²) in [5, 5.41) is 26.8. The summed E-state index contributed by atoms with van der Waals surface area (Å²) in [4.78, 5) is 56.7. The van der Waals surface area contributed by atoms with Gasteiger partial charge in [0.25, 0.3) is 0 Å². The van der Waals surface area contributed by atoms with E-state index in [4.69, 9.17) is 64.6 Å². The molecule has 0 aliphatic rings. The number of amides is 1. The van der Waals surface area contributed by atoms with Crippen LogP contribution < -0.4 is 21.3 Å². The highest BCUT2D eigenvalue weighted by Gasteiger charge is 2.48. The third kappa shape index (κ3) is 21.8. The second-order valence-electron chi connectivity index (χ2n) is 14.6. The number of benzene rings is 2. The maximum Gasteiger partial charge on any atom is 0.413 e. The van der Waals surface area contributed by atoms with Crippen molar-refractivity contribution in [1.29, 1.82) is 10.8 Å². The number of ether oxygens (including phenoxy) is 4. The van der Waals surface area contributed by atoms with Crippen molar-refractivity contribution in [2.75, 3.05) is 39.3 Å². The van der Waals surface area contributed by atoms with E-state index in [1.54, 1.807) is 69.3 Å². The highest BCUT2D eigenvalue weighted by molar-refractivity contribution is 7.25. The normalized spacial score (nSPS) is 13.8. The van der Waals surface area contributed by atoms with Crippen LogP contribution in [0.15, 0.2) is 60.7 Å². The lowest BCUT2D eigenvalue weighted by Crippen LogP contribution is -2.72. The van der Waals surface area contributed by atoms with E-state index in [9.17, 15) is 23.7 Å². The lowest BCUT2D eigenvalue weighted by molar-refractivity contribution is -0.151. The Morgan fingerprint density at radius 2 is 1.18 bits per heavy atom. The average molecular weight is 919 g/mol. The second-order valence-corrected chi connectivity index (χ2v) is 18.2. The minimum atomic E-state index is -2.34. The molecule has 20 heteroatoms. The summed E-state index contributed by atoms with van der Waals surface area (Å²) in [5.41, 5.74) is -2.09. The first kappa shape index (κ1) is 52.5. The molecular weight excluding hydrogens is 860 g/mol. The molecule has 1 amide bonds. The van der Waals surface area contributed by atoms with Gasteiger partial charge in [-0.2, -0.15) is 0 Å². The fourth-order valence-electron chi connectivity index (χ4n) is 5.55. The summed E-state index contributed by atoms with van der Waals surface area (Å²) < 4.78 is 34.5. The van der Waals surface area contributed by atoms with Gasteiger partial charge in [-0.1, -0.05) is 108 Å². The van der Waals surface area contributed by atoms with Gasteiger partial charge in [0.1, 0.15) is 52.5 Å². The molecule has 3 atom stereocenters. The number of hydrogen-bond acceptors (Lipinski definition) is 15. The third-order valence-electron chi connectivity index (χ3n) is 8.39. The number of alkyl halides is 3. The molecule has 0 aliphatic carbocycles. The van der Waals surface area contributed by atoms with Gasteiger partial charge in [-0.15, -0.1) is 0 Å². The van der Waals surface area contributed by atoms with Crippen LogP contribution >= 0.6 is 43.3 Å². The summed E-state index contributed by atoms with van der Waals surface area (Å²) in [6.45, 7) is 4.64. The Kier molecular flexibility index (Phi) is 24.6. The molecule has 6 N–H and O–H groups in total. The van der Waals surface area contributed by atoms with Crippen LogP contribution in [0.4, 0.5) is 4.79 Å². The lowest BCUT2D eigenvalue weighted by atomic mass is 10.1. The molecule has 0 heterocycles. The maximum atomic E-state index is 14.3. The fraction of sp³-hybridized carbons (Fsp3) is 0.550. The molecular formula is C40H59Cl3N7O9P. The standard InChI is InChI=1S/C40H59Cl3N7O9P/c1-38(2,3)59-37(54)50(26-34(51)58-29-39(41,42)43)40(60-55,48-32(18-10-12-22-46-24-20-44)35(52)56-27-30-14-6-4-7-15-30)49-33(19-11-13-23-47-25-21-45)36(53)57-28-31-16-8-5-9-17-31/h4-9,14-17,20-21,32-33,44-49H,10-13,18-19,22-29,60H2,1-3H3. The van der Waals surface area contributed by atoms with Crippen LogP contribution in [0.5, 0.6) is 0 Å². The Balaban J connectivity index is 2.72. The Hall–Kier alpha value is -3.60. The molecule has 0 saturated heterocycles. The van der Waals surface area contributed by atoms with Gasteiger partial charge in [-0.3, -0.25) is 29.9 Å². The number of nitrogens with one attached hydrogen (secondary N) is 6. The van der Waals surface area contributed by atoms with E-state index in [2.05, 4.69) is 21.3 Å². The average Bonchev–Trinajstić information content (AvgIpc) is 3.21. The first-order valence-electron chi connectivity index (χ1n) is 19.6. The quantitative estimate of drug-likeness (QED) is 0.0109. The number of unbranched alkanes of at least 4 members (excludes halogenated alkanes) is 2. The van der Waals surface area contributed by atoms with E-state index in [1.165, 1.54) is 12.4 Å². The summed E-state index contributed by atoms with van der Waals surface area (Å²) in [5.74, 6) is -2.63. The van der Waals surface area contributed by atoms with Crippen LogP contribution in [-0.4, -0.2) is 108 Å². The minimum absolute atomic E-state index is 0.0877. The number of halogens is 3. The molecule has 0 spiro atoms. The summed E-state index contributed by atoms with van der Waals surface area (Å²) >= 11 is 17.6. The van der Waals surface area contributed by atoms with Crippen LogP contribution in [0.3, 0.4) is 0 Å². The zero-order chi connectivity index (χ0) is 44.4. The van der Waals surface area contributed by atoms with E-state index < -0.39 is 72.6 Å². The van der Waals surface area contributed by atoms with Crippen molar-refractivity contribution in [2.24, 2.45) is 0 Å². The minimum Gasteiger partial charge on any atom is -0.460 e. The zero-order valence-electron chi connectivity index (χ0n) is 34.3. The van der Waals surface area contributed by atoms with Gasteiger partial charge in [0.2, 0.25) is 9.32 Å². The number of rotatable bonds is 29. The van der Waals surface area contributed by atoms with Gasteiger partial charge in [-0.05, 0) is 70.7 Å². The molecule has 2 rings (SSSR count). The van der Waals surface area contributed by atoms with Gasteiger partial charge in [-0.25, -0.2) is 4.79 Å². The summed E-state index contributed by atoms with van der Waals surface area (Å²) in [7, 11) is -2.31. The molecule has 2 aromatic rings. The highest BCUT2D eigenvalue weighted by Crippen LogP contribution is 2.30. The van der Waals surface area contributed by atoms with Crippen molar-refractivity contribution in [1.82, 2.24) is 26.2 Å². The van der Waals surface area contributed by atoms with E-state index in [-0.39, 0.29) is 26.1 Å². The van der Waals surface area contributed by atoms with Crippen molar-refractivity contribution in [3.63, 3.8) is 0 Å². The number of hydrogen-bond donors (Lipinski definition) is 6. The number of esters is 3. The highest BCUT2D eigenvalue weighted by atomic mass is 35.6. The van der Waals surface area contributed by atoms with Gasteiger partial charge in [0.05, 0.1) is 0 Å². The molecule has 0 bridgehead atoms. The van der Waals surface area contributed by atoms with Crippen molar-refractivity contribution in [2.45, 2.75) is 99.5 Å². The number of carbonyl (C=O) groups is 4. The fourth-order valence-corrected chi connectivity index (χ4v) is 6.58. The largest absolute Gasteiger partial charge is 0.460 e. The van der Waals surface area contributed by atoms with Crippen LogP contribution in [0.2, 0.25) is 0 Å². The molecule has 16 nitrogen and oxygen atoms in total. The van der Waals surface area contributed by atoms with Crippen LogP contribution in [0, 0.1) is 10.8 Å². The SMILES string of the molecule is CC(C)(C)OC(=O)N(CC(=O)OCC(Cl)(Cl)Cl)C(NC(CCCCNCC=N)C(=O)OCc1ccccc1)(NC(CCCCNCC=N)C(=O)OCc1ccccc1)[PH2]=O. The molecule has 3 unspecified atom stereocenters. The van der Waals surface area contributed by atoms with Crippen LogP contribution in [0.1, 0.15) is 70.4 Å². The molecule has 60 heavy (non-hydrogen) atoms. The van der Waals surface area contributed by atoms with Crippen molar-refractivity contribution in [3.05, 3.63) is 71.8 Å². The lowest BCUT2D eigenvalue weighted by Gasteiger charge is -2.44. The van der Waals surface area contributed by atoms with E-state index in [0.29, 0.717) is 63.0 Å². The van der Waals surface area contributed by atoms with Gasteiger partial charge < -0.3 is 45.0 Å². The molecule has 2 aromatic carbocycles. The zero-order valence-corrected chi connectivity index (χ0v) is 37.7. The number of nitrogens with zero attached hydrogens (tertiary/aromatic N) is 1. The Morgan fingerprint density at radius 1 is 0.733 bits per heavy atom. The maximum absolute atomic E-state index is 14.3. The molecule has 334 valence electrons. The van der Waals surface area contributed by atoms with Crippen LogP contribution in [-0.2, 0) is 51.1 Å². The molecule has 0 fully saturated rings. The summed E-state index contributed by atoms with van der Waals surface area (Å²) in [6, 6.07) is 15.3. The van der Waals surface area contributed by atoms with Gasteiger partial charge in [0, 0.05) is 25.5 Å². The van der Waals surface area contributed by atoms with Crippen LogP contribution in [0.25, 0.3) is 0 Å². The van der Waals surface area contributed by atoms with Crippen molar-refractivity contribution >= 4 is 79.7 Å². The van der Waals surface area contributed by atoms with Crippen molar-refractivity contribution < 1.29 is 42.7 Å². The van der Waals surface area contributed by atoms with E-state index in [1.807, 2.05) is 12.1 Å². The van der Waals surface area contributed by atoms with E-state index >= 15 is 0 Å². The third-order valence-corrected chi connectivity index (χ3v) is 9.70. The van der Waals surface area contributed by atoms with E-state index in [0.717, 1.165) is 4.90 Å². The smallest absolute Gasteiger partial charge is 0.413 e. The Labute approximate surface area is 368 Å². The van der Waals surface area contributed by atoms with Gasteiger partial charge >= 0.3 is 24.0 Å². The number of carbonyl (C=O) groups excluding carboxylic acids is 4. The molecule has 0 saturated carbocycles. The Bertz CT molecular complexity index is 1560. The van der Waals surface area contributed by atoms with Crippen molar-refractivity contribution in [3.8, 4) is 0 Å². The molecule has 0 radical (unpaired) electrons. The predicted octanol–water partition coefficient (Wildman–Crippen LogP) is 5.73. The monoisotopic (exact) mass is 917 g/mol. The Morgan fingerprint density at radius 3 is 1.57 bits per heavy atom. The second kappa shape index (κ2) is 28.1. The topological polar surface area (TPSA) is 221 Å². The summed E-state index contributed by atoms with van der Waals surface area (Å²) in [6.07, 6.45) is 3.41. The van der Waals surface area contributed by atoms with Gasteiger partial charge in [0.15, 0.2) is 0 Å².